The van der Waals surface area contributed by atoms with E-state index in [4.69, 9.17) is 0 Å². The van der Waals surface area contributed by atoms with Gasteiger partial charge in [0.05, 0.1) is 5.56 Å². The van der Waals surface area contributed by atoms with Gasteiger partial charge in [0.15, 0.2) is 6.29 Å². The summed E-state index contributed by atoms with van der Waals surface area (Å²) in [7, 11) is 0. The van der Waals surface area contributed by atoms with Crippen molar-refractivity contribution in [1.82, 2.24) is 9.97 Å². The molecule has 0 radical (unpaired) electrons. The van der Waals surface area contributed by atoms with Crippen LogP contribution in [0.2, 0.25) is 0 Å². The SMILES string of the molecule is CCN(c1cccc(C)c1)c1ncc(C=O)cn1. The van der Waals surface area contributed by atoms with Crippen molar-refractivity contribution in [1.29, 1.82) is 0 Å². The molecule has 0 N–H and O–H groups in total. The van der Waals surface area contributed by atoms with E-state index in [2.05, 4.69) is 16.0 Å². The van der Waals surface area contributed by atoms with Crippen molar-refractivity contribution in [3.05, 3.63) is 47.8 Å². The molecule has 0 saturated heterocycles. The van der Waals surface area contributed by atoms with Crippen molar-refractivity contribution in [2.75, 3.05) is 11.4 Å². The highest BCUT2D eigenvalue weighted by Gasteiger charge is 2.09. The summed E-state index contributed by atoms with van der Waals surface area (Å²) in [5, 5.41) is 0. The van der Waals surface area contributed by atoms with Crippen molar-refractivity contribution in [3.63, 3.8) is 0 Å². The van der Waals surface area contributed by atoms with Gasteiger partial charge in [-0.05, 0) is 31.5 Å². The monoisotopic (exact) mass is 241 g/mol. The van der Waals surface area contributed by atoms with Crippen molar-refractivity contribution < 1.29 is 4.79 Å². The van der Waals surface area contributed by atoms with E-state index in [1.807, 2.05) is 36.9 Å². The van der Waals surface area contributed by atoms with Crippen LogP contribution in [0.15, 0.2) is 36.7 Å². The number of nitrogens with zero attached hydrogens (tertiary/aromatic N) is 3. The molecule has 0 aliphatic carbocycles. The first-order chi connectivity index (χ1) is 8.74. The molecule has 4 heteroatoms. The number of aryl methyl sites for hydroxylation is 1. The number of aldehydes is 1. The number of carbonyl (C=O) groups excluding carboxylic acids is 1. The van der Waals surface area contributed by atoms with Crippen molar-refractivity contribution in [2.24, 2.45) is 0 Å². The Balaban J connectivity index is 2.35. The minimum Gasteiger partial charge on any atom is -0.311 e. The van der Waals surface area contributed by atoms with Crippen molar-refractivity contribution >= 4 is 17.9 Å². The lowest BCUT2D eigenvalue weighted by Gasteiger charge is -2.21. The van der Waals surface area contributed by atoms with E-state index in [-0.39, 0.29) is 0 Å². The molecule has 0 bridgehead atoms. The molecule has 92 valence electrons. The number of aromatic nitrogens is 2. The normalized spacial score (nSPS) is 10.1. The second-order valence-corrected chi connectivity index (χ2v) is 4.02. The summed E-state index contributed by atoms with van der Waals surface area (Å²) in [4.78, 5) is 21.0. The lowest BCUT2D eigenvalue weighted by Crippen LogP contribution is -2.18. The second kappa shape index (κ2) is 5.40. The van der Waals surface area contributed by atoms with Crippen LogP contribution in [0.4, 0.5) is 11.6 Å². The third-order valence-corrected chi connectivity index (χ3v) is 2.67. The van der Waals surface area contributed by atoms with Gasteiger partial charge in [-0.15, -0.1) is 0 Å². The molecule has 18 heavy (non-hydrogen) atoms. The minimum atomic E-state index is 0.485. The fraction of sp³-hybridized carbons (Fsp3) is 0.214. The maximum absolute atomic E-state index is 10.6. The maximum Gasteiger partial charge on any atom is 0.229 e. The molecule has 1 heterocycles. The van der Waals surface area contributed by atoms with E-state index in [0.717, 1.165) is 18.5 Å². The van der Waals surface area contributed by atoms with Crippen LogP contribution in [0.1, 0.15) is 22.8 Å². The van der Waals surface area contributed by atoms with Gasteiger partial charge in [-0.3, -0.25) is 4.79 Å². The molecule has 1 aromatic carbocycles. The zero-order valence-corrected chi connectivity index (χ0v) is 10.5. The Kier molecular flexibility index (Phi) is 3.67. The van der Waals surface area contributed by atoms with E-state index in [0.29, 0.717) is 11.5 Å². The highest BCUT2D eigenvalue weighted by atomic mass is 16.1. The fourth-order valence-electron chi connectivity index (χ4n) is 1.77. The number of rotatable bonds is 4. The third-order valence-electron chi connectivity index (χ3n) is 2.67. The predicted octanol–water partition coefficient (Wildman–Crippen LogP) is 2.76. The average Bonchev–Trinajstić information content (AvgIpc) is 2.40. The first-order valence-electron chi connectivity index (χ1n) is 5.86. The number of benzene rings is 1. The molecule has 1 aromatic heterocycles. The molecular formula is C14H15N3O. The minimum absolute atomic E-state index is 0.485. The van der Waals surface area contributed by atoms with Crippen LogP contribution < -0.4 is 4.90 Å². The van der Waals surface area contributed by atoms with Crippen LogP contribution in [-0.4, -0.2) is 22.8 Å². The zero-order valence-electron chi connectivity index (χ0n) is 10.5. The largest absolute Gasteiger partial charge is 0.311 e. The third kappa shape index (κ3) is 2.53. The predicted molar refractivity (Wildman–Crippen MR) is 71.3 cm³/mol. The first-order valence-corrected chi connectivity index (χ1v) is 5.86. The quantitative estimate of drug-likeness (QED) is 0.772. The average molecular weight is 241 g/mol. The molecular weight excluding hydrogens is 226 g/mol. The summed E-state index contributed by atoms with van der Waals surface area (Å²) in [5.41, 5.74) is 2.73. The van der Waals surface area contributed by atoms with Crippen LogP contribution >= 0.6 is 0 Å². The fourth-order valence-corrected chi connectivity index (χ4v) is 1.77. The van der Waals surface area contributed by atoms with Gasteiger partial charge in [-0.2, -0.15) is 0 Å². The number of anilines is 2. The molecule has 0 saturated carbocycles. The zero-order chi connectivity index (χ0) is 13.0. The summed E-state index contributed by atoms with van der Waals surface area (Å²) < 4.78 is 0. The Hall–Kier alpha value is -2.23. The molecule has 0 aliphatic rings. The Bertz CT molecular complexity index is 537. The highest BCUT2D eigenvalue weighted by molar-refractivity contribution is 5.73. The summed E-state index contributed by atoms with van der Waals surface area (Å²) >= 11 is 0. The number of hydrogen-bond donors (Lipinski definition) is 0. The molecule has 0 atom stereocenters. The van der Waals surface area contributed by atoms with Gasteiger partial charge in [0.1, 0.15) is 0 Å². The molecule has 2 aromatic rings. The molecule has 0 spiro atoms. The molecule has 0 unspecified atom stereocenters. The van der Waals surface area contributed by atoms with Crippen molar-refractivity contribution in [3.8, 4) is 0 Å². The van der Waals surface area contributed by atoms with Gasteiger partial charge in [0, 0.05) is 24.6 Å². The van der Waals surface area contributed by atoms with Gasteiger partial charge in [0.25, 0.3) is 0 Å². The Morgan fingerprint density at radius 2 is 2.00 bits per heavy atom. The van der Waals surface area contributed by atoms with E-state index in [1.54, 1.807) is 0 Å². The Labute approximate surface area is 106 Å². The van der Waals surface area contributed by atoms with E-state index in [9.17, 15) is 4.79 Å². The van der Waals surface area contributed by atoms with Gasteiger partial charge in [-0.25, -0.2) is 9.97 Å². The molecule has 4 nitrogen and oxygen atoms in total. The van der Waals surface area contributed by atoms with Gasteiger partial charge >= 0.3 is 0 Å². The molecule has 0 aliphatic heterocycles. The highest BCUT2D eigenvalue weighted by Crippen LogP contribution is 2.22. The van der Waals surface area contributed by atoms with Gasteiger partial charge in [0.2, 0.25) is 5.95 Å². The van der Waals surface area contributed by atoms with Gasteiger partial charge < -0.3 is 4.90 Å². The van der Waals surface area contributed by atoms with Gasteiger partial charge in [-0.1, -0.05) is 12.1 Å². The van der Waals surface area contributed by atoms with Crippen LogP contribution in [0, 0.1) is 6.92 Å². The standard InChI is InChI=1S/C14H15N3O/c1-3-17(13-6-4-5-11(2)7-13)14-15-8-12(10-18)9-16-14/h4-10H,3H2,1-2H3. The van der Waals surface area contributed by atoms with Crippen LogP contribution in [0.5, 0.6) is 0 Å². The maximum atomic E-state index is 10.6. The molecule has 2 rings (SSSR count). The van der Waals surface area contributed by atoms with E-state index < -0.39 is 0 Å². The summed E-state index contributed by atoms with van der Waals surface area (Å²) in [6.45, 7) is 4.86. The number of carbonyl (C=O) groups is 1. The Morgan fingerprint density at radius 1 is 1.28 bits per heavy atom. The van der Waals surface area contributed by atoms with E-state index in [1.165, 1.54) is 18.0 Å². The summed E-state index contributed by atoms with van der Waals surface area (Å²) in [6.07, 6.45) is 3.81. The lowest BCUT2D eigenvalue weighted by molar-refractivity contribution is 0.112. The Morgan fingerprint density at radius 3 is 2.56 bits per heavy atom. The van der Waals surface area contributed by atoms with Crippen molar-refractivity contribution in [2.45, 2.75) is 13.8 Å². The first kappa shape index (κ1) is 12.2. The summed E-state index contributed by atoms with van der Waals surface area (Å²) in [5.74, 6) is 0.605. The van der Waals surface area contributed by atoms with E-state index >= 15 is 0 Å². The molecule has 0 fully saturated rings. The van der Waals surface area contributed by atoms with Crippen LogP contribution in [-0.2, 0) is 0 Å². The second-order valence-electron chi connectivity index (χ2n) is 4.02. The molecule has 0 amide bonds. The topological polar surface area (TPSA) is 46.1 Å². The lowest BCUT2D eigenvalue weighted by atomic mass is 10.2. The number of hydrogen-bond acceptors (Lipinski definition) is 4. The summed E-state index contributed by atoms with van der Waals surface area (Å²) in [6, 6.07) is 8.16. The van der Waals surface area contributed by atoms with Crippen LogP contribution in [0.25, 0.3) is 0 Å². The van der Waals surface area contributed by atoms with Crippen LogP contribution in [0.3, 0.4) is 0 Å². The smallest absolute Gasteiger partial charge is 0.229 e.